The first kappa shape index (κ1) is 15.3. The van der Waals surface area contributed by atoms with E-state index in [2.05, 4.69) is 17.1 Å². The Hall–Kier alpha value is -0.650. The lowest BCUT2D eigenvalue weighted by Gasteiger charge is -2.43. The molecule has 0 amide bonds. The van der Waals surface area contributed by atoms with Crippen molar-refractivity contribution in [2.24, 2.45) is 5.92 Å². The Bertz CT molecular complexity index is 408. The van der Waals surface area contributed by atoms with E-state index in [-0.39, 0.29) is 5.60 Å². The van der Waals surface area contributed by atoms with Gasteiger partial charge in [-0.05, 0) is 57.9 Å². The molecule has 1 saturated heterocycles. The van der Waals surface area contributed by atoms with E-state index in [9.17, 15) is 9.90 Å². The van der Waals surface area contributed by atoms with Crippen molar-refractivity contribution in [3.05, 3.63) is 0 Å². The summed E-state index contributed by atoms with van der Waals surface area (Å²) in [5, 5.41) is 13.4. The lowest BCUT2D eigenvalue weighted by molar-refractivity contribution is -0.148. The average molecular weight is 296 g/mol. The number of rotatable bonds is 7. The molecule has 0 aromatic rings. The van der Waals surface area contributed by atoms with Crippen LogP contribution in [0.4, 0.5) is 0 Å². The van der Waals surface area contributed by atoms with Crippen molar-refractivity contribution < 1.29 is 14.6 Å². The van der Waals surface area contributed by atoms with Crippen molar-refractivity contribution in [2.75, 3.05) is 26.7 Å². The summed E-state index contributed by atoms with van der Waals surface area (Å²) in [6, 6.07) is 0.417. The molecular weight excluding hydrogens is 268 g/mol. The van der Waals surface area contributed by atoms with Crippen LogP contribution < -0.4 is 5.32 Å². The molecule has 3 fully saturated rings. The molecule has 0 aromatic carbocycles. The maximum atomic E-state index is 12.1. The van der Waals surface area contributed by atoms with E-state index in [0.717, 1.165) is 51.6 Å². The summed E-state index contributed by atoms with van der Waals surface area (Å²) in [5.74, 6) is -0.368. The Kier molecular flexibility index (Phi) is 4.01. The minimum absolute atomic E-state index is 0.133. The van der Waals surface area contributed by atoms with Crippen LogP contribution in [0.5, 0.6) is 0 Å². The zero-order valence-electron chi connectivity index (χ0n) is 13.2. The monoisotopic (exact) mass is 296 g/mol. The number of carboxylic acids is 1. The Labute approximate surface area is 127 Å². The van der Waals surface area contributed by atoms with E-state index >= 15 is 0 Å². The van der Waals surface area contributed by atoms with Crippen LogP contribution in [-0.2, 0) is 9.53 Å². The molecule has 0 bridgehead atoms. The third-order valence-electron chi connectivity index (χ3n) is 5.40. The maximum absolute atomic E-state index is 12.1. The Balaban J connectivity index is 1.72. The molecule has 2 N–H and O–H groups in total. The van der Waals surface area contributed by atoms with Gasteiger partial charge in [0.15, 0.2) is 0 Å². The van der Waals surface area contributed by atoms with Crippen LogP contribution in [0.1, 0.15) is 45.4 Å². The van der Waals surface area contributed by atoms with Gasteiger partial charge in [0.05, 0.1) is 5.60 Å². The SMILES string of the molecule is COC1(C)CCCN(CC(NC2CC2)(C(=O)O)C2CC2)C1. The van der Waals surface area contributed by atoms with E-state index in [1.165, 1.54) is 0 Å². The van der Waals surface area contributed by atoms with Crippen molar-refractivity contribution in [3.63, 3.8) is 0 Å². The number of nitrogens with one attached hydrogen (secondary N) is 1. The fourth-order valence-corrected chi connectivity index (χ4v) is 3.73. The number of ether oxygens (including phenoxy) is 1. The Morgan fingerprint density at radius 1 is 1.43 bits per heavy atom. The first-order valence-corrected chi connectivity index (χ1v) is 8.26. The topological polar surface area (TPSA) is 61.8 Å². The van der Waals surface area contributed by atoms with Gasteiger partial charge in [0.1, 0.15) is 5.54 Å². The van der Waals surface area contributed by atoms with Gasteiger partial charge in [0.25, 0.3) is 0 Å². The number of nitrogens with zero attached hydrogens (tertiary/aromatic N) is 1. The number of carbonyl (C=O) groups is 1. The summed E-state index contributed by atoms with van der Waals surface area (Å²) in [7, 11) is 1.76. The van der Waals surface area contributed by atoms with E-state index in [4.69, 9.17) is 4.74 Å². The zero-order valence-corrected chi connectivity index (χ0v) is 13.2. The molecule has 1 aliphatic heterocycles. The van der Waals surface area contributed by atoms with Gasteiger partial charge in [-0.25, -0.2) is 0 Å². The number of aliphatic carboxylic acids is 1. The summed E-state index contributed by atoms with van der Waals surface area (Å²) in [4.78, 5) is 14.4. The predicted octanol–water partition coefficient (Wildman–Crippen LogP) is 1.47. The second-order valence-corrected chi connectivity index (χ2v) is 7.44. The van der Waals surface area contributed by atoms with Gasteiger partial charge in [-0.3, -0.25) is 15.0 Å². The van der Waals surface area contributed by atoms with Crippen LogP contribution in [0.2, 0.25) is 0 Å². The fourth-order valence-electron chi connectivity index (χ4n) is 3.73. The summed E-state index contributed by atoms with van der Waals surface area (Å²) in [6.07, 6.45) is 6.46. The third kappa shape index (κ3) is 3.25. The molecule has 2 unspecified atom stereocenters. The minimum Gasteiger partial charge on any atom is -0.480 e. The van der Waals surface area contributed by atoms with Gasteiger partial charge in [-0.1, -0.05) is 0 Å². The third-order valence-corrected chi connectivity index (χ3v) is 5.40. The highest BCUT2D eigenvalue weighted by Gasteiger charge is 2.54. The van der Waals surface area contributed by atoms with Crippen molar-refractivity contribution >= 4 is 5.97 Å². The van der Waals surface area contributed by atoms with Gasteiger partial charge >= 0.3 is 5.97 Å². The molecule has 5 nitrogen and oxygen atoms in total. The lowest BCUT2D eigenvalue weighted by Crippen LogP contribution is -2.63. The minimum atomic E-state index is -0.743. The summed E-state index contributed by atoms with van der Waals surface area (Å²) in [5.41, 5.74) is -0.876. The number of carboxylic acid groups (broad SMARTS) is 1. The fraction of sp³-hybridized carbons (Fsp3) is 0.938. The van der Waals surface area contributed by atoms with Gasteiger partial charge in [-0.2, -0.15) is 0 Å². The number of methoxy groups -OCH3 is 1. The number of likely N-dealkylation sites (tertiary alicyclic amines) is 1. The first-order chi connectivity index (χ1) is 9.97. The van der Waals surface area contributed by atoms with Crippen LogP contribution in [0.3, 0.4) is 0 Å². The van der Waals surface area contributed by atoms with Gasteiger partial charge in [0.2, 0.25) is 0 Å². The van der Waals surface area contributed by atoms with E-state index < -0.39 is 11.5 Å². The second-order valence-electron chi connectivity index (χ2n) is 7.44. The molecule has 1 heterocycles. The van der Waals surface area contributed by atoms with Crippen LogP contribution in [0.15, 0.2) is 0 Å². The van der Waals surface area contributed by atoms with Crippen molar-refractivity contribution in [3.8, 4) is 0 Å². The van der Waals surface area contributed by atoms with Crippen molar-refractivity contribution in [1.82, 2.24) is 10.2 Å². The molecule has 5 heteroatoms. The van der Waals surface area contributed by atoms with Crippen molar-refractivity contribution in [2.45, 2.75) is 62.6 Å². The maximum Gasteiger partial charge on any atom is 0.325 e. The van der Waals surface area contributed by atoms with Crippen molar-refractivity contribution in [1.29, 1.82) is 0 Å². The molecular formula is C16H28N2O3. The normalized spacial score (nSPS) is 33.6. The summed E-state index contributed by atoms with van der Waals surface area (Å²) < 4.78 is 5.64. The second kappa shape index (κ2) is 5.52. The van der Waals surface area contributed by atoms with Crippen LogP contribution in [0.25, 0.3) is 0 Å². The Morgan fingerprint density at radius 2 is 2.14 bits per heavy atom. The molecule has 2 saturated carbocycles. The zero-order chi connectivity index (χ0) is 15.1. The summed E-state index contributed by atoms with van der Waals surface area (Å²) in [6.45, 7) is 4.56. The summed E-state index contributed by atoms with van der Waals surface area (Å²) >= 11 is 0. The first-order valence-electron chi connectivity index (χ1n) is 8.26. The molecule has 2 atom stereocenters. The number of hydrogen-bond acceptors (Lipinski definition) is 4. The molecule has 0 aromatic heterocycles. The van der Waals surface area contributed by atoms with E-state index in [1.54, 1.807) is 7.11 Å². The van der Waals surface area contributed by atoms with Crippen LogP contribution >= 0.6 is 0 Å². The Morgan fingerprint density at radius 3 is 2.67 bits per heavy atom. The van der Waals surface area contributed by atoms with E-state index in [1.807, 2.05) is 0 Å². The number of piperidine rings is 1. The molecule has 0 radical (unpaired) electrons. The largest absolute Gasteiger partial charge is 0.480 e. The van der Waals surface area contributed by atoms with Crippen LogP contribution in [0, 0.1) is 5.92 Å². The highest BCUT2D eigenvalue weighted by atomic mass is 16.5. The van der Waals surface area contributed by atoms with Gasteiger partial charge < -0.3 is 9.84 Å². The van der Waals surface area contributed by atoms with E-state index in [0.29, 0.717) is 18.5 Å². The smallest absolute Gasteiger partial charge is 0.325 e. The van der Waals surface area contributed by atoms with Gasteiger partial charge in [0, 0.05) is 26.2 Å². The molecule has 2 aliphatic carbocycles. The standard InChI is InChI=1S/C16H28N2O3/c1-15(21-2)8-3-9-18(10-15)11-16(14(19)20,12-4-5-12)17-13-6-7-13/h12-13,17H,3-11H2,1-2H3,(H,19,20). The lowest BCUT2D eigenvalue weighted by atomic mass is 9.88. The quantitative estimate of drug-likeness (QED) is 0.745. The molecule has 21 heavy (non-hydrogen) atoms. The molecule has 3 rings (SSSR count). The molecule has 120 valence electrons. The highest BCUT2D eigenvalue weighted by Crippen LogP contribution is 2.43. The average Bonchev–Trinajstić information content (AvgIpc) is 3.31. The molecule has 3 aliphatic rings. The highest BCUT2D eigenvalue weighted by molar-refractivity contribution is 5.80. The number of hydrogen-bond donors (Lipinski definition) is 2. The van der Waals surface area contributed by atoms with Gasteiger partial charge in [-0.15, -0.1) is 0 Å². The van der Waals surface area contributed by atoms with Crippen LogP contribution in [-0.4, -0.2) is 59.9 Å². The molecule has 0 spiro atoms. The predicted molar refractivity (Wildman–Crippen MR) is 80.3 cm³/mol.